The van der Waals surface area contributed by atoms with Crippen molar-refractivity contribution in [2.45, 2.75) is 19.8 Å². The average molecular weight is 293 g/mol. The Hall–Kier alpha value is -1.88. The van der Waals surface area contributed by atoms with E-state index in [0.717, 1.165) is 11.1 Å². The lowest BCUT2D eigenvalue weighted by molar-refractivity contribution is -0.141. The van der Waals surface area contributed by atoms with Crippen molar-refractivity contribution in [1.82, 2.24) is 4.90 Å². The normalized spacial score (nSPS) is 10.2. The maximum Gasteiger partial charge on any atom is 0.307 e. The highest BCUT2D eigenvalue weighted by molar-refractivity contribution is 5.79. The Morgan fingerprint density at radius 1 is 1.10 bits per heavy atom. The lowest BCUT2D eigenvalue weighted by Crippen LogP contribution is -2.36. The molecule has 0 saturated heterocycles. The number of esters is 1. The zero-order valence-corrected chi connectivity index (χ0v) is 12.9. The first-order valence-corrected chi connectivity index (χ1v) is 6.96. The van der Waals surface area contributed by atoms with Crippen LogP contribution in [0.5, 0.6) is 0 Å². The summed E-state index contributed by atoms with van der Waals surface area (Å²) in [5.41, 5.74) is 2.12. The zero-order valence-electron chi connectivity index (χ0n) is 12.9. The van der Waals surface area contributed by atoms with Crippen molar-refractivity contribution in [1.29, 1.82) is 0 Å². The molecule has 116 valence electrons. The van der Waals surface area contributed by atoms with E-state index in [-0.39, 0.29) is 18.3 Å². The largest absolute Gasteiger partial charge is 0.469 e. The van der Waals surface area contributed by atoms with E-state index in [1.807, 2.05) is 31.2 Å². The Bertz CT molecular complexity index is 456. The average Bonchev–Trinajstić information content (AvgIpc) is 2.49. The topological polar surface area (TPSA) is 55.8 Å². The summed E-state index contributed by atoms with van der Waals surface area (Å²) in [6.07, 6.45) is 0.519. The van der Waals surface area contributed by atoms with Crippen LogP contribution in [0, 0.1) is 6.92 Å². The molecule has 0 aliphatic rings. The number of carbonyl (C=O) groups is 2. The molecule has 21 heavy (non-hydrogen) atoms. The molecule has 5 heteroatoms. The van der Waals surface area contributed by atoms with Gasteiger partial charge in [0.2, 0.25) is 5.91 Å². The predicted molar refractivity (Wildman–Crippen MR) is 80.0 cm³/mol. The molecule has 1 aromatic rings. The summed E-state index contributed by atoms with van der Waals surface area (Å²) in [5.74, 6) is -0.333. The molecule has 0 fully saturated rings. The highest BCUT2D eigenvalue weighted by atomic mass is 16.5. The van der Waals surface area contributed by atoms with Crippen LogP contribution in [0.2, 0.25) is 0 Å². The smallest absolute Gasteiger partial charge is 0.307 e. The van der Waals surface area contributed by atoms with Crippen LogP contribution in [0.15, 0.2) is 24.3 Å². The monoisotopic (exact) mass is 293 g/mol. The molecule has 0 aliphatic heterocycles. The Balaban J connectivity index is 2.60. The van der Waals surface area contributed by atoms with Gasteiger partial charge in [-0.1, -0.05) is 29.8 Å². The molecule has 0 aromatic heterocycles. The van der Waals surface area contributed by atoms with Crippen molar-refractivity contribution in [3.8, 4) is 0 Å². The van der Waals surface area contributed by atoms with Crippen molar-refractivity contribution >= 4 is 11.9 Å². The molecular formula is C16H23NO4. The van der Waals surface area contributed by atoms with E-state index in [2.05, 4.69) is 4.74 Å². The van der Waals surface area contributed by atoms with Crippen molar-refractivity contribution in [3.05, 3.63) is 35.4 Å². The molecule has 0 spiro atoms. The molecule has 0 bridgehead atoms. The van der Waals surface area contributed by atoms with Crippen LogP contribution in [-0.2, 0) is 25.5 Å². The number of benzene rings is 1. The highest BCUT2D eigenvalue weighted by Gasteiger charge is 2.15. The number of hydrogen-bond acceptors (Lipinski definition) is 4. The van der Waals surface area contributed by atoms with Crippen LogP contribution >= 0.6 is 0 Å². The molecule has 1 rings (SSSR count). The van der Waals surface area contributed by atoms with E-state index in [1.165, 1.54) is 7.11 Å². The fourth-order valence-electron chi connectivity index (χ4n) is 1.88. The Kier molecular flexibility index (Phi) is 7.46. The van der Waals surface area contributed by atoms with Gasteiger partial charge in [0.25, 0.3) is 0 Å². The van der Waals surface area contributed by atoms with Crippen LogP contribution in [0.1, 0.15) is 17.5 Å². The fourth-order valence-corrected chi connectivity index (χ4v) is 1.88. The van der Waals surface area contributed by atoms with Crippen LogP contribution in [0.25, 0.3) is 0 Å². The minimum Gasteiger partial charge on any atom is -0.469 e. The highest BCUT2D eigenvalue weighted by Crippen LogP contribution is 2.06. The van der Waals surface area contributed by atoms with E-state index >= 15 is 0 Å². The van der Waals surface area contributed by atoms with Crippen LogP contribution in [0.3, 0.4) is 0 Å². The standard InChI is InChI=1S/C16H23NO4/c1-13-4-6-14(7-5-13)12-15(18)17(10-11-20-2)9-8-16(19)21-3/h4-7H,8-12H2,1-3H3. The van der Waals surface area contributed by atoms with E-state index in [1.54, 1.807) is 12.0 Å². The number of rotatable bonds is 8. The zero-order chi connectivity index (χ0) is 15.7. The van der Waals surface area contributed by atoms with Gasteiger partial charge >= 0.3 is 5.97 Å². The van der Waals surface area contributed by atoms with E-state index in [4.69, 9.17) is 4.74 Å². The molecule has 0 aliphatic carbocycles. The molecule has 0 unspecified atom stereocenters. The summed E-state index contributed by atoms with van der Waals surface area (Å²) < 4.78 is 9.62. The number of methoxy groups -OCH3 is 2. The third kappa shape index (κ3) is 6.40. The number of ether oxygens (including phenoxy) is 2. The summed E-state index contributed by atoms with van der Waals surface area (Å²) in [5, 5.41) is 0. The molecule has 0 heterocycles. The number of carbonyl (C=O) groups excluding carboxylic acids is 2. The molecule has 1 aromatic carbocycles. The van der Waals surface area contributed by atoms with Gasteiger partial charge < -0.3 is 14.4 Å². The first-order chi connectivity index (χ1) is 10.1. The fraction of sp³-hybridized carbons (Fsp3) is 0.500. The molecule has 0 radical (unpaired) electrons. The lowest BCUT2D eigenvalue weighted by Gasteiger charge is -2.22. The molecule has 0 N–H and O–H groups in total. The van der Waals surface area contributed by atoms with Crippen LogP contribution in [0.4, 0.5) is 0 Å². The first kappa shape index (κ1) is 17.2. The van der Waals surface area contributed by atoms with Gasteiger partial charge in [-0.05, 0) is 12.5 Å². The number of aryl methyl sites for hydroxylation is 1. The molecule has 0 saturated carbocycles. The molecule has 5 nitrogen and oxygen atoms in total. The summed E-state index contributed by atoms with van der Waals surface area (Å²) in [7, 11) is 2.93. The number of hydrogen-bond donors (Lipinski definition) is 0. The van der Waals surface area contributed by atoms with Crippen molar-refractivity contribution < 1.29 is 19.1 Å². The van der Waals surface area contributed by atoms with E-state index in [0.29, 0.717) is 26.1 Å². The third-order valence-electron chi connectivity index (χ3n) is 3.21. The molecule has 0 atom stereocenters. The van der Waals surface area contributed by atoms with Crippen molar-refractivity contribution in [3.63, 3.8) is 0 Å². The van der Waals surface area contributed by atoms with Crippen molar-refractivity contribution in [2.75, 3.05) is 33.9 Å². The first-order valence-electron chi connectivity index (χ1n) is 6.96. The number of nitrogens with zero attached hydrogens (tertiary/aromatic N) is 1. The second-order valence-corrected chi connectivity index (χ2v) is 4.86. The Morgan fingerprint density at radius 2 is 1.76 bits per heavy atom. The van der Waals surface area contributed by atoms with Gasteiger partial charge in [0.1, 0.15) is 0 Å². The van der Waals surface area contributed by atoms with Crippen LogP contribution in [-0.4, -0.2) is 50.7 Å². The van der Waals surface area contributed by atoms with Gasteiger partial charge in [-0.2, -0.15) is 0 Å². The number of amides is 1. The van der Waals surface area contributed by atoms with Gasteiger partial charge in [-0.15, -0.1) is 0 Å². The minimum absolute atomic E-state index is 0.0141. The van der Waals surface area contributed by atoms with Gasteiger partial charge in [0.15, 0.2) is 0 Å². The van der Waals surface area contributed by atoms with E-state index in [9.17, 15) is 9.59 Å². The maximum atomic E-state index is 12.3. The third-order valence-corrected chi connectivity index (χ3v) is 3.21. The van der Waals surface area contributed by atoms with Crippen molar-refractivity contribution in [2.24, 2.45) is 0 Å². The maximum absolute atomic E-state index is 12.3. The second kappa shape index (κ2) is 9.13. The molecule has 1 amide bonds. The lowest BCUT2D eigenvalue weighted by atomic mass is 10.1. The van der Waals surface area contributed by atoms with Gasteiger partial charge in [0.05, 0.1) is 26.6 Å². The van der Waals surface area contributed by atoms with E-state index < -0.39 is 0 Å². The summed E-state index contributed by atoms with van der Waals surface area (Å²) >= 11 is 0. The minimum atomic E-state index is -0.319. The Morgan fingerprint density at radius 3 is 2.33 bits per heavy atom. The summed E-state index contributed by atoms with van der Waals surface area (Å²) in [6.45, 7) is 3.27. The predicted octanol–water partition coefficient (Wildman–Crippen LogP) is 1.58. The quantitative estimate of drug-likeness (QED) is 0.683. The van der Waals surface area contributed by atoms with Gasteiger partial charge in [-0.25, -0.2) is 0 Å². The summed E-state index contributed by atoms with van der Waals surface area (Å²) in [4.78, 5) is 25.2. The van der Waals surface area contributed by atoms with Crippen LogP contribution < -0.4 is 0 Å². The molecular weight excluding hydrogens is 270 g/mol. The second-order valence-electron chi connectivity index (χ2n) is 4.86. The summed E-state index contributed by atoms with van der Waals surface area (Å²) in [6, 6.07) is 7.86. The van der Waals surface area contributed by atoms with Gasteiger partial charge in [-0.3, -0.25) is 9.59 Å². The Labute approximate surface area is 125 Å². The SMILES string of the molecule is COCCN(CCC(=O)OC)C(=O)Cc1ccc(C)cc1. The van der Waals surface area contributed by atoms with Gasteiger partial charge in [0, 0.05) is 20.2 Å².